The monoisotopic (exact) mass is 250 g/mol. The molecule has 2 aromatic rings. The third-order valence-corrected chi connectivity index (χ3v) is 2.76. The lowest BCUT2D eigenvalue weighted by Crippen LogP contribution is -2.24. The number of carboxylic acid groups (broad SMARTS) is 1. The summed E-state index contributed by atoms with van der Waals surface area (Å²) in [6, 6.07) is 7.17. The van der Waals surface area contributed by atoms with Crippen molar-refractivity contribution < 1.29 is 9.90 Å². The molecule has 0 radical (unpaired) electrons. The molecule has 1 aromatic heterocycles. The highest BCUT2D eigenvalue weighted by molar-refractivity contribution is 6.30. The van der Waals surface area contributed by atoms with Crippen LogP contribution in [0, 0.1) is 0 Å². The molecule has 5 heteroatoms. The zero-order valence-electron chi connectivity index (χ0n) is 9.14. The number of carbonyl (C=O) groups is 1. The summed E-state index contributed by atoms with van der Waals surface area (Å²) < 4.78 is 0. The topological polar surface area (TPSA) is 62.2 Å². The highest BCUT2D eigenvalue weighted by atomic mass is 35.5. The SMILES string of the molecule is C[C@@H](NC(=O)O)c1ccc2cnc(Cl)cc2c1. The van der Waals surface area contributed by atoms with Gasteiger partial charge in [0.2, 0.25) is 0 Å². The second-order valence-electron chi connectivity index (χ2n) is 3.78. The van der Waals surface area contributed by atoms with E-state index < -0.39 is 6.09 Å². The van der Waals surface area contributed by atoms with E-state index in [1.807, 2.05) is 18.2 Å². The van der Waals surface area contributed by atoms with Crippen molar-refractivity contribution in [2.75, 3.05) is 0 Å². The fraction of sp³-hybridized carbons (Fsp3) is 0.167. The zero-order valence-corrected chi connectivity index (χ0v) is 9.90. The second kappa shape index (κ2) is 4.59. The molecule has 2 rings (SSSR count). The van der Waals surface area contributed by atoms with Crippen molar-refractivity contribution in [1.82, 2.24) is 10.3 Å². The van der Waals surface area contributed by atoms with Crippen LogP contribution in [0.4, 0.5) is 4.79 Å². The van der Waals surface area contributed by atoms with E-state index in [1.54, 1.807) is 19.2 Å². The van der Waals surface area contributed by atoms with Crippen molar-refractivity contribution in [2.24, 2.45) is 0 Å². The number of amides is 1. The Hall–Kier alpha value is -1.81. The number of halogens is 1. The van der Waals surface area contributed by atoms with Crippen molar-refractivity contribution >= 4 is 28.5 Å². The zero-order chi connectivity index (χ0) is 12.4. The number of rotatable bonds is 2. The molecule has 0 spiro atoms. The van der Waals surface area contributed by atoms with Crippen molar-refractivity contribution in [3.63, 3.8) is 0 Å². The normalized spacial score (nSPS) is 12.4. The van der Waals surface area contributed by atoms with Crippen LogP contribution < -0.4 is 5.32 Å². The highest BCUT2D eigenvalue weighted by Gasteiger charge is 2.08. The largest absolute Gasteiger partial charge is 0.465 e. The molecule has 4 nitrogen and oxygen atoms in total. The van der Waals surface area contributed by atoms with Gasteiger partial charge in [0.15, 0.2) is 0 Å². The third-order valence-electron chi connectivity index (χ3n) is 2.55. The Morgan fingerprint density at radius 1 is 1.41 bits per heavy atom. The van der Waals surface area contributed by atoms with Gasteiger partial charge < -0.3 is 10.4 Å². The first-order valence-corrected chi connectivity index (χ1v) is 5.49. The van der Waals surface area contributed by atoms with E-state index in [0.29, 0.717) is 5.15 Å². The molecular formula is C12H11ClN2O2. The minimum atomic E-state index is -1.04. The lowest BCUT2D eigenvalue weighted by molar-refractivity contribution is 0.191. The van der Waals surface area contributed by atoms with Crippen molar-refractivity contribution in [3.05, 3.63) is 41.2 Å². The number of benzene rings is 1. The summed E-state index contributed by atoms with van der Waals surface area (Å²) in [5.74, 6) is 0. The molecule has 2 N–H and O–H groups in total. The first kappa shape index (κ1) is 11.7. The van der Waals surface area contributed by atoms with Gasteiger partial charge in [0.1, 0.15) is 5.15 Å². The van der Waals surface area contributed by atoms with Crippen molar-refractivity contribution in [2.45, 2.75) is 13.0 Å². The van der Waals surface area contributed by atoms with E-state index in [-0.39, 0.29) is 6.04 Å². The Labute approximate surface area is 103 Å². The van der Waals surface area contributed by atoms with Crippen LogP contribution in [0.2, 0.25) is 5.15 Å². The second-order valence-corrected chi connectivity index (χ2v) is 4.17. The molecular weight excluding hydrogens is 240 g/mol. The Bertz CT molecular complexity index is 571. The van der Waals surface area contributed by atoms with E-state index >= 15 is 0 Å². The number of fused-ring (bicyclic) bond motifs is 1. The number of hydrogen-bond acceptors (Lipinski definition) is 2. The lowest BCUT2D eigenvalue weighted by atomic mass is 10.0. The van der Waals surface area contributed by atoms with Gasteiger partial charge in [0.25, 0.3) is 0 Å². The smallest absolute Gasteiger partial charge is 0.405 e. The number of pyridine rings is 1. The van der Waals surface area contributed by atoms with Gasteiger partial charge in [0, 0.05) is 11.6 Å². The average Bonchev–Trinajstić information content (AvgIpc) is 2.27. The van der Waals surface area contributed by atoms with E-state index in [1.165, 1.54) is 0 Å². The van der Waals surface area contributed by atoms with Crippen LogP contribution in [0.5, 0.6) is 0 Å². The molecule has 1 aromatic carbocycles. The van der Waals surface area contributed by atoms with Gasteiger partial charge in [-0.1, -0.05) is 23.7 Å². The molecule has 0 saturated heterocycles. The summed E-state index contributed by atoms with van der Waals surface area (Å²) in [7, 11) is 0. The maximum absolute atomic E-state index is 10.6. The minimum absolute atomic E-state index is 0.260. The first-order valence-electron chi connectivity index (χ1n) is 5.11. The van der Waals surface area contributed by atoms with Gasteiger partial charge in [-0.25, -0.2) is 9.78 Å². The van der Waals surface area contributed by atoms with E-state index in [4.69, 9.17) is 16.7 Å². The fourth-order valence-electron chi connectivity index (χ4n) is 1.67. The average molecular weight is 251 g/mol. The summed E-state index contributed by atoms with van der Waals surface area (Å²) in [5, 5.41) is 13.4. The van der Waals surface area contributed by atoms with Crippen LogP contribution in [0.15, 0.2) is 30.5 Å². The van der Waals surface area contributed by atoms with Crippen LogP contribution in [-0.4, -0.2) is 16.2 Å². The predicted molar refractivity (Wildman–Crippen MR) is 66.3 cm³/mol. The minimum Gasteiger partial charge on any atom is -0.465 e. The van der Waals surface area contributed by atoms with Gasteiger partial charge in [-0.05, 0) is 30.0 Å². The molecule has 88 valence electrons. The quantitative estimate of drug-likeness (QED) is 0.805. The first-order chi connectivity index (χ1) is 8.06. The highest BCUT2D eigenvalue weighted by Crippen LogP contribution is 2.21. The Morgan fingerprint density at radius 3 is 2.88 bits per heavy atom. The van der Waals surface area contributed by atoms with Gasteiger partial charge in [-0.2, -0.15) is 0 Å². The number of aromatic nitrogens is 1. The maximum Gasteiger partial charge on any atom is 0.405 e. The van der Waals surface area contributed by atoms with E-state index in [9.17, 15) is 4.79 Å². The van der Waals surface area contributed by atoms with Crippen LogP contribution in [0.1, 0.15) is 18.5 Å². The molecule has 0 aliphatic heterocycles. The van der Waals surface area contributed by atoms with Crippen LogP contribution in [-0.2, 0) is 0 Å². The Kier molecular flexibility index (Phi) is 3.15. The summed E-state index contributed by atoms with van der Waals surface area (Å²) in [5.41, 5.74) is 0.891. The van der Waals surface area contributed by atoms with Gasteiger partial charge in [-0.15, -0.1) is 0 Å². The van der Waals surface area contributed by atoms with Gasteiger partial charge in [-0.3, -0.25) is 0 Å². The molecule has 1 heterocycles. The number of nitrogens with one attached hydrogen (secondary N) is 1. The molecule has 0 fully saturated rings. The van der Waals surface area contributed by atoms with Crippen molar-refractivity contribution in [3.8, 4) is 0 Å². The summed E-state index contributed by atoms with van der Waals surface area (Å²) in [6.07, 6.45) is 0.655. The molecule has 0 bridgehead atoms. The van der Waals surface area contributed by atoms with Crippen molar-refractivity contribution in [1.29, 1.82) is 0 Å². The molecule has 0 aliphatic rings. The molecule has 0 saturated carbocycles. The molecule has 0 aliphatic carbocycles. The van der Waals surface area contributed by atoms with Crippen LogP contribution in [0.25, 0.3) is 10.8 Å². The van der Waals surface area contributed by atoms with Crippen LogP contribution >= 0.6 is 11.6 Å². The van der Waals surface area contributed by atoms with Crippen LogP contribution in [0.3, 0.4) is 0 Å². The standard InChI is InChI=1S/C12H11ClN2O2/c1-7(15-12(16)17)8-2-3-9-6-14-11(13)5-10(9)4-8/h2-7,15H,1H3,(H,16,17)/t7-/m1/s1. The molecule has 1 amide bonds. The Morgan fingerprint density at radius 2 is 2.18 bits per heavy atom. The van der Waals surface area contributed by atoms with Gasteiger partial charge in [0.05, 0.1) is 6.04 Å². The summed E-state index contributed by atoms with van der Waals surface area (Å²) in [4.78, 5) is 14.5. The number of hydrogen-bond donors (Lipinski definition) is 2. The van der Waals surface area contributed by atoms with Gasteiger partial charge >= 0.3 is 6.09 Å². The molecule has 0 unspecified atom stereocenters. The maximum atomic E-state index is 10.6. The Balaban J connectivity index is 2.39. The van der Waals surface area contributed by atoms with E-state index in [0.717, 1.165) is 16.3 Å². The van der Waals surface area contributed by atoms with E-state index in [2.05, 4.69) is 10.3 Å². The number of nitrogens with zero attached hydrogens (tertiary/aromatic N) is 1. The predicted octanol–water partition coefficient (Wildman–Crippen LogP) is 3.22. The lowest BCUT2D eigenvalue weighted by Gasteiger charge is -2.12. The summed E-state index contributed by atoms with van der Waals surface area (Å²) >= 11 is 5.81. The summed E-state index contributed by atoms with van der Waals surface area (Å²) in [6.45, 7) is 1.79. The molecule has 17 heavy (non-hydrogen) atoms. The molecule has 1 atom stereocenters. The fourth-order valence-corrected chi connectivity index (χ4v) is 1.84. The third kappa shape index (κ3) is 2.65.